The summed E-state index contributed by atoms with van der Waals surface area (Å²) < 4.78 is 10.4. The summed E-state index contributed by atoms with van der Waals surface area (Å²) in [6.07, 6.45) is 0. The Morgan fingerprint density at radius 3 is 2.22 bits per heavy atom. The van der Waals surface area contributed by atoms with Crippen molar-refractivity contribution in [2.45, 2.75) is 13.1 Å². The molecule has 7 nitrogen and oxygen atoms in total. The van der Waals surface area contributed by atoms with Gasteiger partial charge in [0.05, 0.1) is 26.5 Å². The van der Waals surface area contributed by atoms with Crippen LogP contribution in [0.1, 0.15) is 10.6 Å². The third kappa shape index (κ3) is 5.57. The highest BCUT2D eigenvalue weighted by Crippen LogP contribution is 2.25. The zero-order chi connectivity index (χ0) is 22.3. The number of piperazine rings is 1. The highest BCUT2D eigenvalue weighted by Gasteiger charge is 2.21. The molecular formula is C24H28N4O3S. The number of methoxy groups -OCH3 is 2. The van der Waals surface area contributed by atoms with E-state index < -0.39 is 0 Å². The number of carbonyl (C=O) groups is 1. The van der Waals surface area contributed by atoms with Crippen molar-refractivity contribution >= 4 is 17.4 Å². The number of hydrogen-bond donors (Lipinski definition) is 1. The molecule has 4 rings (SSSR count). The van der Waals surface area contributed by atoms with Gasteiger partial charge in [0.2, 0.25) is 0 Å². The molecule has 0 atom stereocenters. The van der Waals surface area contributed by atoms with E-state index in [1.807, 2.05) is 53.4 Å². The van der Waals surface area contributed by atoms with E-state index in [0.29, 0.717) is 19.6 Å². The Labute approximate surface area is 192 Å². The molecule has 1 saturated heterocycles. The molecule has 1 fully saturated rings. The van der Waals surface area contributed by atoms with E-state index in [1.54, 1.807) is 25.6 Å². The van der Waals surface area contributed by atoms with Crippen LogP contribution in [0.5, 0.6) is 11.5 Å². The number of nitrogens with zero attached hydrogens (tertiary/aromatic N) is 3. The molecule has 0 bridgehead atoms. The lowest BCUT2D eigenvalue weighted by atomic mass is 10.2. The molecule has 1 aliphatic heterocycles. The SMILES string of the molecule is COc1ccc(CNC(=O)N2CCN(Cc3nc(-c4ccc(OC)cc4)cs3)CC2)cc1. The second kappa shape index (κ2) is 10.5. The van der Waals surface area contributed by atoms with E-state index in [4.69, 9.17) is 14.5 Å². The van der Waals surface area contributed by atoms with Gasteiger partial charge in [-0.1, -0.05) is 12.1 Å². The van der Waals surface area contributed by atoms with E-state index in [9.17, 15) is 4.79 Å². The van der Waals surface area contributed by atoms with Gasteiger partial charge in [-0.05, 0) is 42.0 Å². The van der Waals surface area contributed by atoms with Crippen LogP contribution in [0.25, 0.3) is 11.3 Å². The monoisotopic (exact) mass is 452 g/mol. The fourth-order valence-corrected chi connectivity index (χ4v) is 4.46. The van der Waals surface area contributed by atoms with E-state index in [1.165, 1.54) is 0 Å². The largest absolute Gasteiger partial charge is 0.497 e. The molecule has 0 saturated carbocycles. The van der Waals surface area contributed by atoms with Crippen LogP contribution in [0.3, 0.4) is 0 Å². The standard InChI is InChI=1S/C24H28N4O3S/c1-30-20-7-3-18(4-8-20)15-25-24(29)28-13-11-27(12-14-28)16-23-26-22(17-32-23)19-5-9-21(31-2)10-6-19/h3-10,17H,11-16H2,1-2H3,(H,25,29). The van der Waals surface area contributed by atoms with Crippen LogP contribution in [0.2, 0.25) is 0 Å². The van der Waals surface area contributed by atoms with Crippen molar-refractivity contribution in [3.63, 3.8) is 0 Å². The van der Waals surface area contributed by atoms with Crippen LogP contribution in [-0.2, 0) is 13.1 Å². The van der Waals surface area contributed by atoms with E-state index in [0.717, 1.165) is 53.0 Å². The Morgan fingerprint density at radius 1 is 0.969 bits per heavy atom. The second-order valence-electron chi connectivity index (χ2n) is 7.62. The number of thiazole rings is 1. The lowest BCUT2D eigenvalue weighted by Crippen LogP contribution is -2.51. The van der Waals surface area contributed by atoms with Gasteiger partial charge in [-0.3, -0.25) is 4.90 Å². The molecule has 8 heteroatoms. The van der Waals surface area contributed by atoms with Gasteiger partial charge in [0, 0.05) is 43.7 Å². The normalized spacial score (nSPS) is 14.2. The maximum atomic E-state index is 12.5. The van der Waals surface area contributed by atoms with Gasteiger partial charge in [0.15, 0.2) is 0 Å². The number of aromatic nitrogens is 1. The predicted octanol–water partition coefficient (Wildman–Crippen LogP) is 3.85. The molecule has 0 spiro atoms. The maximum absolute atomic E-state index is 12.5. The Kier molecular flexibility index (Phi) is 7.24. The van der Waals surface area contributed by atoms with E-state index in [-0.39, 0.29) is 6.03 Å². The molecular weight excluding hydrogens is 424 g/mol. The summed E-state index contributed by atoms with van der Waals surface area (Å²) in [4.78, 5) is 21.5. The maximum Gasteiger partial charge on any atom is 0.317 e. The Bertz CT molecular complexity index is 1010. The van der Waals surface area contributed by atoms with Crippen LogP contribution in [0, 0.1) is 0 Å². The van der Waals surface area contributed by atoms with Crippen LogP contribution in [0.15, 0.2) is 53.9 Å². The second-order valence-corrected chi connectivity index (χ2v) is 8.57. The lowest BCUT2D eigenvalue weighted by molar-refractivity contribution is 0.135. The molecule has 2 aromatic carbocycles. The molecule has 1 N–H and O–H groups in total. The molecule has 168 valence electrons. The smallest absolute Gasteiger partial charge is 0.317 e. The molecule has 2 amide bonds. The topological polar surface area (TPSA) is 66.9 Å². The van der Waals surface area contributed by atoms with Gasteiger partial charge in [-0.2, -0.15) is 0 Å². The summed E-state index contributed by atoms with van der Waals surface area (Å²) in [5.74, 6) is 1.66. The number of nitrogens with one attached hydrogen (secondary N) is 1. The van der Waals surface area contributed by atoms with Crippen LogP contribution in [0.4, 0.5) is 4.79 Å². The average Bonchev–Trinajstić information content (AvgIpc) is 3.32. The first-order chi connectivity index (χ1) is 15.6. The first-order valence-electron chi connectivity index (χ1n) is 10.6. The van der Waals surface area contributed by atoms with Gasteiger partial charge in [-0.25, -0.2) is 9.78 Å². The molecule has 1 aliphatic rings. The highest BCUT2D eigenvalue weighted by atomic mass is 32.1. The number of benzene rings is 2. The third-order valence-electron chi connectivity index (χ3n) is 5.56. The van der Waals surface area contributed by atoms with Gasteiger partial charge in [0.25, 0.3) is 0 Å². The van der Waals surface area contributed by atoms with Crippen molar-refractivity contribution in [1.29, 1.82) is 0 Å². The van der Waals surface area contributed by atoms with Crippen molar-refractivity contribution in [2.75, 3.05) is 40.4 Å². The van der Waals surface area contributed by atoms with Crippen LogP contribution >= 0.6 is 11.3 Å². The highest BCUT2D eigenvalue weighted by molar-refractivity contribution is 7.09. The summed E-state index contributed by atoms with van der Waals surface area (Å²) in [5.41, 5.74) is 3.13. The third-order valence-corrected chi connectivity index (χ3v) is 6.39. The summed E-state index contributed by atoms with van der Waals surface area (Å²) in [6.45, 7) is 4.43. The zero-order valence-electron chi connectivity index (χ0n) is 18.4. The summed E-state index contributed by atoms with van der Waals surface area (Å²) in [7, 11) is 3.31. The van der Waals surface area contributed by atoms with Gasteiger partial charge < -0.3 is 19.7 Å². The average molecular weight is 453 g/mol. The van der Waals surface area contributed by atoms with Crippen LogP contribution < -0.4 is 14.8 Å². The quantitative estimate of drug-likeness (QED) is 0.590. The number of hydrogen-bond acceptors (Lipinski definition) is 6. The summed E-state index contributed by atoms with van der Waals surface area (Å²) in [6, 6.07) is 15.7. The Balaban J connectivity index is 1.23. The van der Waals surface area contributed by atoms with Crippen molar-refractivity contribution in [3.8, 4) is 22.8 Å². The van der Waals surface area contributed by atoms with Crippen LogP contribution in [-0.4, -0.2) is 61.2 Å². The van der Waals surface area contributed by atoms with E-state index >= 15 is 0 Å². The van der Waals surface area contributed by atoms with E-state index in [2.05, 4.69) is 15.6 Å². The number of ether oxygens (including phenoxy) is 2. The van der Waals surface area contributed by atoms with Gasteiger partial charge in [-0.15, -0.1) is 11.3 Å². The Morgan fingerprint density at radius 2 is 1.59 bits per heavy atom. The zero-order valence-corrected chi connectivity index (χ0v) is 19.2. The fourth-order valence-electron chi connectivity index (χ4n) is 3.61. The molecule has 2 heterocycles. The Hall–Kier alpha value is -3.10. The molecule has 1 aromatic heterocycles. The number of rotatable bonds is 7. The minimum Gasteiger partial charge on any atom is -0.497 e. The molecule has 3 aromatic rings. The lowest BCUT2D eigenvalue weighted by Gasteiger charge is -2.34. The number of amides is 2. The minimum atomic E-state index is -0.0171. The minimum absolute atomic E-state index is 0.0171. The first-order valence-corrected chi connectivity index (χ1v) is 11.5. The predicted molar refractivity (Wildman–Crippen MR) is 126 cm³/mol. The first kappa shape index (κ1) is 22.1. The fraction of sp³-hybridized carbons (Fsp3) is 0.333. The molecule has 0 aliphatic carbocycles. The van der Waals surface area contributed by atoms with Gasteiger partial charge in [0.1, 0.15) is 16.5 Å². The molecule has 0 unspecified atom stereocenters. The summed E-state index contributed by atoms with van der Waals surface area (Å²) in [5, 5.41) is 6.20. The summed E-state index contributed by atoms with van der Waals surface area (Å²) >= 11 is 1.68. The van der Waals surface area contributed by atoms with Gasteiger partial charge >= 0.3 is 6.03 Å². The van der Waals surface area contributed by atoms with Crippen molar-refractivity contribution < 1.29 is 14.3 Å². The van der Waals surface area contributed by atoms with Crippen molar-refractivity contribution in [2.24, 2.45) is 0 Å². The van der Waals surface area contributed by atoms with Crippen molar-refractivity contribution in [3.05, 3.63) is 64.5 Å². The van der Waals surface area contributed by atoms with Crippen molar-refractivity contribution in [1.82, 2.24) is 20.1 Å². The molecule has 32 heavy (non-hydrogen) atoms. The number of urea groups is 1. The molecule has 0 radical (unpaired) electrons. The number of carbonyl (C=O) groups excluding carboxylic acids is 1.